The molecule has 0 aliphatic carbocycles. The Labute approximate surface area is 205 Å². The van der Waals surface area contributed by atoms with E-state index in [-0.39, 0.29) is 0 Å². The first-order chi connectivity index (χ1) is 17.2. The molecule has 0 bridgehead atoms. The zero-order valence-corrected chi connectivity index (χ0v) is 19.8. The number of hydrogen-bond donors (Lipinski definition) is 0. The highest BCUT2D eigenvalue weighted by Gasteiger charge is 2.19. The third-order valence-corrected chi connectivity index (χ3v) is 6.84. The predicted octanol–water partition coefficient (Wildman–Crippen LogP) is 8.61. The number of aromatic nitrogens is 1. The highest BCUT2D eigenvalue weighted by Crippen LogP contribution is 2.39. The quantitative estimate of drug-likeness (QED) is 0.266. The maximum atomic E-state index is 10.1. The fourth-order valence-electron chi connectivity index (χ4n) is 5.17. The largest absolute Gasteiger partial charge is 0.307 e. The molecule has 2 heteroatoms. The number of fused-ring (bicyclic) bond motifs is 3. The fraction of sp³-hybridized carbons (Fsp3) is 0.0606. The molecular formula is C33H24N2. The number of aryl methyl sites for hydroxylation is 2. The van der Waals surface area contributed by atoms with E-state index in [1.807, 2.05) is 30.3 Å². The van der Waals surface area contributed by atoms with E-state index >= 15 is 0 Å². The lowest BCUT2D eigenvalue weighted by molar-refractivity contribution is 1.17. The molecule has 0 fully saturated rings. The summed E-state index contributed by atoms with van der Waals surface area (Å²) in [6.07, 6.45) is 0. The van der Waals surface area contributed by atoms with Crippen molar-refractivity contribution in [3.05, 3.63) is 126 Å². The average molecular weight is 449 g/mol. The Kier molecular flexibility index (Phi) is 4.98. The van der Waals surface area contributed by atoms with E-state index in [0.29, 0.717) is 5.56 Å². The Morgan fingerprint density at radius 1 is 0.600 bits per heavy atom. The van der Waals surface area contributed by atoms with Crippen molar-refractivity contribution in [3.8, 4) is 34.0 Å². The van der Waals surface area contributed by atoms with Crippen LogP contribution in [0, 0.1) is 25.2 Å². The van der Waals surface area contributed by atoms with E-state index < -0.39 is 0 Å². The van der Waals surface area contributed by atoms with E-state index in [1.165, 1.54) is 33.0 Å². The van der Waals surface area contributed by atoms with E-state index in [2.05, 4.69) is 103 Å². The van der Waals surface area contributed by atoms with Gasteiger partial charge in [-0.3, -0.25) is 0 Å². The molecule has 6 rings (SSSR count). The Balaban J connectivity index is 1.74. The molecule has 0 aliphatic rings. The van der Waals surface area contributed by atoms with E-state index in [9.17, 15) is 5.26 Å². The average Bonchev–Trinajstić information content (AvgIpc) is 3.21. The monoisotopic (exact) mass is 448 g/mol. The third kappa shape index (κ3) is 3.41. The second-order valence-corrected chi connectivity index (χ2v) is 9.08. The van der Waals surface area contributed by atoms with Crippen molar-refractivity contribution in [3.63, 3.8) is 0 Å². The predicted molar refractivity (Wildman–Crippen MR) is 146 cm³/mol. The zero-order chi connectivity index (χ0) is 23.9. The summed E-state index contributed by atoms with van der Waals surface area (Å²) in [5.74, 6) is 0. The van der Waals surface area contributed by atoms with Gasteiger partial charge in [0.2, 0.25) is 0 Å². The first-order valence-electron chi connectivity index (χ1n) is 11.9. The molecule has 0 unspecified atom stereocenters. The molecule has 5 aromatic carbocycles. The van der Waals surface area contributed by atoms with Crippen LogP contribution in [0.2, 0.25) is 0 Å². The number of hydrogen-bond acceptors (Lipinski definition) is 1. The second kappa shape index (κ2) is 8.31. The van der Waals surface area contributed by atoms with Gasteiger partial charge >= 0.3 is 0 Å². The lowest BCUT2D eigenvalue weighted by Crippen LogP contribution is -2.00. The van der Waals surface area contributed by atoms with E-state index in [4.69, 9.17) is 0 Å². The minimum atomic E-state index is 0.661. The van der Waals surface area contributed by atoms with Gasteiger partial charge in [-0.05, 0) is 66.4 Å². The Bertz CT molecular complexity index is 1770. The molecule has 6 aromatic rings. The van der Waals surface area contributed by atoms with E-state index in [0.717, 1.165) is 27.8 Å². The van der Waals surface area contributed by atoms with Gasteiger partial charge in [-0.1, -0.05) is 84.4 Å². The summed E-state index contributed by atoms with van der Waals surface area (Å²) in [7, 11) is 0. The van der Waals surface area contributed by atoms with Gasteiger partial charge < -0.3 is 4.57 Å². The summed E-state index contributed by atoms with van der Waals surface area (Å²) in [4.78, 5) is 0. The molecule has 0 aliphatic heterocycles. The summed E-state index contributed by atoms with van der Waals surface area (Å²) in [5.41, 5.74) is 10.9. The molecule has 2 nitrogen and oxygen atoms in total. The highest BCUT2D eigenvalue weighted by molar-refractivity contribution is 6.11. The van der Waals surface area contributed by atoms with Crippen LogP contribution in [0.3, 0.4) is 0 Å². The van der Waals surface area contributed by atoms with Crippen molar-refractivity contribution in [2.75, 3.05) is 0 Å². The Hall–Kier alpha value is -4.61. The minimum Gasteiger partial charge on any atom is -0.307 e. The van der Waals surface area contributed by atoms with Crippen molar-refractivity contribution < 1.29 is 0 Å². The maximum Gasteiger partial charge on any atom is 0.101 e. The van der Waals surface area contributed by atoms with Gasteiger partial charge in [-0.25, -0.2) is 0 Å². The number of para-hydroxylation sites is 1. The van der Waals surface area contributed by atoms with Crippen LogP contribution in [0.1, 0.15) is 16.7 Å². The standard InChI is InChI=1S/C33H24N2/c1-22-15-17-31-29(19-22)30-20-25(27-13-7-6-9-23(27)2)16-18-32(30)35(31)33-26(21-34)12-8-14-28(33)24-10-4-3-5-11-24/h3-20H,1-2H3. The number of nitrogens with zero attached hydrogens (tertiary/aromatic N) is 2. The van der Waals surface area contributed by atoms with Crippen LogP contribution in [-0.4, -0.2) is 4.57 Å². The van der Waals surface area contributed by atoms with Gasteiger partial charge in [0.25, 0.3) is 0 Å². The molecular weight excluding hydrogens is 424 g/mol. The van der Waals surface area contributed by atoms with Gasteiger partial charge in [-0.15, -0.1) is 0 Å². The summed E-state index contributed by atoms with van der Waals surface area (Å²) < 4.78 is 2.27. The number of rotatable bonds is 3. The van der Waals surface area contributed by atoms with Crippen molar-refractivity contribution in [2.24, 2.45) is 0 Å². The topological polar surface area (TPSA) is 28.7 Å². The van der Waals surface area contributed by atoms with Crippen LogP contribution in [0.15, 0.2) is 109 Å². The summed E-state index contributed by atoms with van der Waals surface area (Å²) in [6.45, 7) is 4.29. The first-order valence-corrected chi connectivity index (χ1v) is 11.9. The molecule has 1 heterocycles. The SMILES string of the molecule is Cc1ccc2c(c1)c1cc(-c3ccccc3C)ccc1n2-c1c(C#N)cccc1-c1ccccc1. The molecule has 0 atom stereocenters. The van der Waals surface area contributed by atoms with Crippen LogP contribution in [0.5, 0.6) is 0 Å². The normalized spacial score (nSPS) is 11.1. The second-order valence-electron chi connectivity index (χ2n) is 9.08. The molecule has 1 aromatic heterocycles. The third-order valence-electron chi connectivity index (χ3n) is 6.84. The molecule has 166 valence electrons. The van der Waals surface area contributed by atoms with Crippen LogP contribution in [0.25, 0.3) is 49.7 Å². The van der Waals surface area contributed by atoms with Gasteiger partial charge in [0, 0.05) is 16.3 Å². The summed E-state index contributed by atoms with van der Waals surface area (Å²) in [6, 6.07) is 40.6. The van der Waals surface area contributed by atoms with Crippen molar-refractivity contribution in [1.29, 1.82) is 5.26 Å². The van der Waals surface area contributed by atoms with Crippen LogP contribution in [0.4, 0.5) is 0 Å². The molecule has 0 N–H and O–H groups in total. The lowest BCUT2D eigenvalue weighted by atomic mass is 9.98. The molecule has 0 saturated heterocycles. The molecule has 0 amide bonds. The van der Waals surface area contributed by atoms with Crippen LogP contribution in [-0.2, 0) is 0 Å². The van der Waals surface area contributed by atoms with E-state index in [1.54, 1.807) is 0 Å². The van der Waals surface area contributed by atoms with Gasteiger partial charge in [0.05, 0.1) is 22.3 Å². The fourth-order valence-corrected chi connectivity index (χ4v) is 5.17. The minimum absolute atomic E-state index is 0.661. The van der Waals surface area contributed by atoms with Crippen LogP contribution < -0.4 is 0 Å². The number of nitriles is 1. The first kappa shape index (κ1) is 21.0. The molecule has 35 heavy (non-hydrogen) atoms. The van der Waals surface area contributed by atoms with Crippen molar-refractivity contribution in [2.45, 2.75) is 13.8 Å². The smallest absolute Gasteiger partial charge is 0.101 e. The van der Waals surface area contributed by atoms with Crippen LogP contribution >= 0.6 is 0 Å². The molecule has 0 spiro atoms. The molecule has 0 radical (unpaired) electrons. The van der Waals surface area contributed by atoms with Crippen molar-refractivity contribution in [1.82, 2.24) is 4.57 Å². The maximum absolute atomic E-state index is 10.1. The highest BCUT2D eigenvalue weighted by atomic mass is 15.0. The zero-order valence-electron chi connectivity index (χ0n) is 19.8. The lowest BCUT2D eigenvalue weighted by Gasteiger charge is -2.16. The van der Waals surface area contributed by atoms with Gasteiger partial charge in [0.15, 0.2) is 0 Å². The number of benzene rings is 5. The summed E-state index contributed by atoms with van der Waals surface area (Å²) in [5, 5.41) is 12.5. The Morgan fingerprint density at radius 2 is 1.29 bits per heavy atom. The van der Waals surface area contributed by atoms with Crippen molar-refractivity contribution >= 4 is 21.8 Å². The Morgan fingerprint density at radius 3 is 2.06 bits per heavy atom. The van der Waals surface area contributed by atoms with Gasteiger partial charge in [0.1, 0.15) is 6.07 Å². The summed E-state index contributed by atoms with van der Waals surface area (Å²) >= 11 is 0. The molecule has 0 saturated carbocycles. The van der Waals surface area contributed by atoms with Gasteiger partial charge in [-0.2, -0.15) is 5.26 Å².